The largest absolute Gasteiger partial charge is 0.416 e. The van der Waals surface area contributed by atoms with E-state index < -0.39 is 35.6 Å². The summed E-state index contributed by atoms with van der Waals surface area (Å²) in [5.74, 6) is -1.64. The predicted octanol–water partition coefficient (Wildman–Crippen LogP) is 1.73. The Morgan fingerprint density at radius 3 is 2.35 bits per heavy atom. The van der Waals surface area contributed by atoms with Crippen LogP contribution < -0.4 is 27.8 Å². The maximum absolute atomic E-state index is 13.2. The Labute approximate surface area is 229 Å². The van der Waals surface area contributed by atoms with Crippen molar-refractivity contribution in [3.8, 4) is 0 Å². The number of carbonyl (C=O) groups is 3. The van der Waals surface area contributed by atoms with Crippen LogP contribution in [0.1, 0.15) is 24.0 Å². The molecule has 1 aromatic heterocycles. The molecule has 0 saturated carbocycles. The number of amides is 3. The van der Waals surface area contributed by atoms with E-state index in [0.29, 0.717) is 11.3 Å². The molecule has 0 bridgehead atoms. The maximum Gasteiger partial charge on any atom is 0.416 e. The van der Waals surface area contributed by atoms with Gasteiger partial charge in [0.05, 0.1) is 35.7 Å². The third-order valence-electron chi connectivity index (χ3n) is 6.19. The smallest absolute Gasteiger partial charge is 0.343 e. The maximum atomic E-state index is 13.2. The van der Waals surface area contributed by atoms with Crippen LogP contribution in [-0.2, 0) is 27.0 Å². The van der Waals surface area contributed by atoms with E-state index in [-0.39, 0.29) is 44.9 Å². The molecule has 0 aliphatic rings. The summed E-state index contributed by atoms with van der Waals surface area (Å²) in [5.41, 5.74) is 17.7. The minimum atomic E-state index is -4.51. The summed E-state index contributed by atoms with van der Waals surface area (Å²) in [6.45, 7) is 0.454. The number of anilines is 1. The molecule has 0 unspecified atom stereocenters. The lowest BCUT2D eigenvalue weighted by molar-refractivity contribution is -0.137. The van der Waals surface area contributed by atoms with Crippen LogP contribution >= 0.6 is 0 Å². The number of nitrogens with zero attached hydrogens (tertiary/aromatic N) is 2. The van der Waals surface area contributed by atoms with Gasteiger partial charge in [-0.1, -0.05) is 30.3 Å². The number of halogens is 3. The Balaban J connectivity index is 1.74. The van der Waals surface area contributed by atoms with E-state index >= 15 is 0 Å². The summed E-state index contributed by atoms with van der Waals surface area (Å²) in [4.78, 5) is 44.1. The van der Waals surface area contributed by atoms with Crippen molar-refractivity contribution in [3.05, 3.63) is 71.9 Å². The number of fused-ring (bicyclic) bond motifs is 1. The standard InChI is InChI=1S/C27H32F3N7O3/c28-27(29,30)19-7-5-17(6-8-19)13-23(26(40)35-20-14-18-3-1-2-4-22(18)34-15-20)36-25(39)21(33)9-10-24(38)37(16-32)12-11-31/h1-8,14-15,21,23H,9-13,16,31-33H2,(H,35,40)(H,36,39)/t21-,23-/m1/s1. The van der Waals surface area contributed by atoms with Gasteiger partial charge in [0.2, 0.25) is 17.7 Å². The first-order valence-electron chi connectivity index (χ1n) is 12.6. The molecule has 40 heavy (non-hydrogen) atoms. The quantitative estimate of drug-likeness (QED) is 0.211. The van der Waals surface area contributed by atoms with Crippen LogP contribution in [0.25, 0.3) is 10.9 Å². The van der Waals surface area contributed by atoms with Crippen molar-refractivity contribution in [2.45, 2.75) is 37.5 Å². The summed E-state index contributed by atoms with van der Waals surface area (Å²) in [7, 11) is 0. The molecule has 0 spiro atoms. The van der Waals surface area contributed by atoms with Crippen molar-refractivity contribution in [3.63, 3.8) is 0 Å². The van der Waals surface area contributed by atoms with E-state index in [0.717, 1.165) is 23.0 Å². The van der Waals surface area contributed by atoms with E-state index in [2.05, 4.69) is 15.6 Å². The molecule has 10 nitrogen and oxygen atoms in total. The monoisotopic (exact) mass is 559 g/mol. The molecule has 13 heteroatoms. The topological polar surface area (TPSA) is 169 Å². The minimum Gasteiger partial charge on any atom is -0.343 e. The highest BCUT2D eigenvalue weighted by atomic mass is 19.4. The first kappa shape index (κ1) is 30.5. The number of hydrogen-bond donors (Lipinski definition) is 5. The minimum absolute atomic E-state index is 0.0189. The zero-order chi connectivity index (χ0) is 29.3. The Hall–Kier alpha value is -4.07. The van der Waals surface area contributed by atoms with E-state index in [1.54, 1.807) is 6.07 Å². The van der Waals surface area contributed by atoms with Gasteiger partial charge in [-0.2, -0.15) is 13.2 Å². The molecule has 0 aliphatic heterocycles. The second-order valence-corrected chi connectivity index (χ2v) is 9.14. The van der Waals surface area contributed by atoms with Gasteiger partial charge in [0.25, 0.3) is 0 Å². The zero-order valence-corrected chi connectivity index (χ0v) is 21.7. The molecule has 3 aromatic rings. The number of alkyl halides is 3. The molecule has 1 heterocycles. The summed E-state index contributed by atoms with van der Waals surface area (Å²) in [6.07, 6.45) is -3.25. The average molecular weight is 560 g/mol. The van der Waals surface area contributed by atoms with Gasteiger partial charge in [-0.25, -0.2) is 0 Å². The summed E-state index contributed by atoms with van der Waals surface area (Å²) in [6, 6.07) is 10.9. The van der Waals surface area contributed by atoms with Crippen LogP contribution in [0.3, 0.4) is 0 Å². The van der Waals surface area contributed by atoms with Crippen molar-refractivity contribution in [1.29, 1.82) is 0 Å². The number of aromatic nitrogens is 1. The normalized spacial score (nSPS) is 12.9. The number of para-hydroxylation sites is 1. The Bertz CT molecular complexity index is 1320. The number of carbonyl (C=O) groups excluding carboxylic acids is 3. The number of pyridine rings is 1. The molecule has 0 fully saturated rings. The molecular weight excluding hydrogens is 527 g/mol. The third kappa shape index (κ3) is 8.46. The van der Waals surface area contributed by atoms with Gasteiger partial charge in [-0.15, -0.1) is 0 Å². The highest BCUT2D eigenvalue weighted by Gasteiger charge is 2.30. The highest BCUT2D eigenvalue weighted by molar-refractivity contribution is 5.99. The van der Waals surface area contributed by atoms with Crippen molar-refractivity contribution in [1.82, 2.24) is 15.2 Å². The summed E-state index contributed by atoms with van der Waals surface area (Å²) < 4.78 is 39.0. The predicted molar refractivity (Wildman–Crippen MR) is 144 cm³/mol. The lowest BCUT2D eigenvalue weighted by atomic mass is 10.0. The first-order valence-corrected chi connectivity index (χ1v) is 12.6. The average Bonchev–Trinajstić information content (AvgIpc) is 2.93. The second kappa shape index (κ2) is 13.8. The fraction of sp³-hybridized carbons (Fsp3) is 0.333. The van der Waals surface area contributed by atoms with Crippen molar-refractivity contribution >= 4 is 34.3 Å². The van der Waals surface area contributed by atoms with E-state index in [1.165, 1.54) is 23.2 Å². The molecule has 214 valence electrons. The van der Waals surface area contributed by atoms with Gasteiger partial charge in [0.1, 0.15) is 6.04 Å². The first-order chi connectivity index (χ1) is 19.0. The fourth-order valence-corrected chi connectivity index (χ4v) is 3.96. The molecule has 2 atom stereocenters. The van der Waals surface area contributed by atoms with Crippen molar-refractivity contribution in [2.75, 3.05) is 25.1 Å². The van der Waals surface area contributed by atoms with Crippen molar-refractivity contribution in [2.24, 2.45) is 17.2 Å². The van der Waals surface area contributed by atoms with E-state index in [4.69, 9.17) is 17.2 Å². The molecule has 0 saturated heterocycles. The van der Waals surface area contributed by atoms with Crippen LogP contribution in [0.2, 0.25) is 0 Å². The number of nitrogens with two attached hydrogens (primary N) is 3. The van der Waals surface area contributed by atoms with Gasteiger partial charge >= 0.3 is 6.18 Å². The molecule has 3 rings (SSSR count). The third-order valence-corrected chi connectivity index (χ3v) is 6.19. The Morgan fingerprint density at radius 1 is 1.00 bits per heavy atom. The number of nitrogens with one attached hydrogen (secondary N) is 2. The van der Waals surface area contributed by atoms with Crippen LogP contribution in [0.15, 0.2) is 60.8 Å². The number of benzene rings is 2. The SMILES string of the molecule is NCCN(CN)C(=O)CC[C@@H](N)C(=O)N[C@H](Cc1ccc(C(F)(F)F)cc1)C(=O)Nc1cnc2ccccc2c1. The summed E-state index contributed by atoms with van der Waals surface area (Å²) in [5, 5.41) is 6.04. The van der Waals surface area contributed by atoms with Gasteiger partial charge in [0, 0.05) is 31.3 Å². The number of rotatable bonds is 12. The summed E-state index contributed by atoms with van der Waals surface area (Å²) >= 11 is 0. The number of hydrogen-bond acceptors (Lipinski definition) is 7. The van der Waals surface area contributed by atoms with Crippen LogP contribution in [-0.4, -0.2) is 59.4 Å². The van der Waals surface area contributed by atoms with Gasteiger partial charge < -0.3 is 32.7 Å². The Morgan fingerprint density at radius 2 is 1.70 bits per heavy atom. The lowest BCUT2D eigenvalue weighted by Crippen LogP contribution is -2.51. The molecule has 2 aromatic carbocycles. The molecule has 0 radical (unpaired) electrons. The molecule has 0 aliphatic carbocycles. The van der Waals surface area contributed by atoms with Gasteiger partial charge in [0.15, 0.2) is 0 Å². The van der Waals surface area contributed by atoms with E-state index in [1.807, 2.05) is 24.3 Å². The second-order valence-electron chi connectivity index (χ2n) is 9.14. The highest BCUT2D eigenvalue weighted by Crippen LogP contribution is 2.29. The van der Waals surface area contributed by atoms with Gasteiger partial charge in [-0.05, 0) is 36.2 Å². The van der Waals surface area contributed by atoms with Crippen LogP contribution in [0.5, 0.6) is 0 Å². The van der Waals surface area contributed by atoms with Crippen molar-refractivity contribution < 1.29 is 27.6 Å². The molecule has 3 amide bonds. The van der Waals surface area contributed by atoms with E-state index in [9.17, 15) is 27.6 Å². The zero-order valence-electron chi connectivity index (χ0n) is 21.7. The Kier molecular flexibility index (Phi) is 10.5. The lowest BCUT2D eigenvalue weighted by Gasteiger charge is -2.22. The van der Waals surface area contributed by atoms with Crippen LogP contribution in [0.4, 0.5) is 18.9 Å². The fourth-order valence-electron chi connectivity index (χ4n) is 3.96. The molecule has 8 N–H and O–H groups in total. The molecular formula is C27H32F3N7O3. The van der Waals surface area contributed by atoms with Gasteiger partial charge in [-0.3, -0.25) is 19.4 Å². The van der Waals surface area contributed by atoms with Crippen LogP contribution in [0, 0.1) is 0 Å².